The third-order valence-corrected chi connectivity index (χ3v) is 3.90. The molecule has 2 aliphatic heterocycles. The molecule has 0 unspecified atom stereocenters. The van der Waals surface area contributed by atoms with Gasteiger partial charge in [0.2, 0.25) is 0 Å². The molecule has 0 radical (unpaired) electrons. The van der Waals surface area contributed by atoms with Gasteiger partial charge < -0.3 is 10.1 Å². The summed E-state index contributed by atoms with van der Waals surface area (Å²) in [5, 5.41) is 3.44. The van der Waals surface area contributed by atoms with Gasteiger partial charge in [0.1, 0.15) is 5.60 Å². The van der Waals surface area contributed by atoms with Crippen molar-refractivity contribution in [3.63, 3.8) is 0 Å². The van der Waals surface area contributed by atoms with E-state index in [2.05, 4.69) is 12.2 Å². The Hall–Kier alpha value is -0.770. The molecule has 0 aliphatic carbocycles. The van der Waals surface area contributed by atoms with Crippen LogP contribution in [0.4, 0.5) is 4.79 Å². The molecule has 1 N–H and O–H groups in total. The van der Waals surface area contributed by atoms with E-state index >= 15 is 0 Å². The first-order chi connectivity index (χ1) is 7.88. The van der Waals surface area contributed by atoms with E-state index in [0.29, 0.717) is 6.04 Å². The second-order valence-electron chi connectivity index (χ2n) is 6.25. The van der Waals surface area contributed by atoms with Crippen LogP contribution in [0, 0.1) is 0 Å². The summed E-state index contributed by atoms with van der Waals surface area (Å²) >= 11 is 0. The van der Waals surface area contributed by atoms with E-state index in [1.54, 1.807) is 0 Å². The number of hydrogen-bond acceptors (Lipinski definition) is 3. The second-order valence-corrected chi connectivity index (χ2v) is 6.25. The first-order valence-corrected chi connectivity index (χ1v) is 6.61. The van der Waals surface area contributed by atoms with E-state index in [1.807, 2.05) is 25.7 Å². The maximum atomic E-state index is 12.3. The molecule has 2 saturated heterocycles. The number of nitrogens with one attached hydrogen (secondary N) is 1. The van der Waals surface area contributed by atoms with E-state index in [1.165, 1.54) is 0 Å². The Kier molecular flexibility index (Phi) is 3.10. The molecule has 98 valence electrons. The van der Waals surface area contributed by atoms with Crippen molar-refractivity contribution in [2.24, 2.45) is 0 Å². The summed E-state index contributed by atoms with van der Waals surface area (Å²) in [5.41, 5.74) is -0.415. The average molecular weight is 240 g/mol. The fraction of sp³-hybridized carbons (Fsp3) is 0.923. The van der Waals surface area contributed by atoms with Crippen LogP contribution in [0.3, 0.4) is 0 Å². The van der Waals surface area contributed by atoms with Gasteiger partial charge in [-0.2, -0.15) is 0 Å². The number of piperazine rings is 1. The molecule has 2 bridgehead atoms. The zero-order valence-corrected chi connectivity index (χ0v) is 11.4. The third kappa shape index (κ3) is 2.28. The highest BCUT2D eigenvalue weighted by molar-refractivity contribution is 5.70. The molecule has 2 heterocycles. The van der Waals surface area contributed by atoms with E-state index in [4.69, 9.17) is 4.74 Å². The second kappa shape index (κ2) is 4.16. The molecule has 2 atom stereocenters. The lowest BCUT2D eigenvalue weighted by Gasteiger charge is -2.44. The minimum Gasteiger partial charge on any atom is -0.444 e. The number of rotatable bonds is 1. The Balaban J connectivity index is 2.16. The van der Waals surface area contributed by atoms with Crippen molar-refractivity contribution in [3.05, 3.63) is 0 Å². The summed E-state index contributed by atoms with van der Waals surface area (Å²) in [5.74, 6) is 0. The standard InChI is InChI=1S/C13H24N2O2/c1-5-13-7-6-10(8-14-9-13)15(13)11(16)17-12(2,3)4/h10,14H,5-9H2,1-4H3/t10-,13+/m1/s1. The number of carbonyl (C=O) groups is 1. The van der Waals surface area contributed by atoms with Crippen LogP contribution in [0.25, 0.3) is 0 Å². The highest BCUT2D eigenvalue weighted by atomic mass is 16.6. The Labute approximate surface area is 104 Å². The lowest BCUT2D eigenvalue weighted by Crippen LogP contribution is -2.62. The lowest BCUT2D eigenvalue weighted by molar-refractivity contribution is -0.0110. The predicted molar refractivity (Wildman–Crippen MR) is 67.0 cm³/mol. The summed E-state index contributed by atoms with van der Waals surface area (Å²) in [6.07, 6.45) is 3.05. The van der Waals surface area contributed by atoms with Crippen LogP contribution in [-0.4, -0.2) is 41.3 Å². The number of nitrogens with zero attached hydrogens (tertiary/aromatic N) is 1. The normalized spacial score (nSPS) is 32.7. The molecule has 0 saturated carbocycles. The average Bonchev–Trinajstić information content (AvgIpc) is 2.44. The van der Waals surface area contributed by atoms with Crippen LogP contribution in [0.5, 0.6) is 0 Å². The monoisotopic (exact) mass is 240 g/mol. The molecule has 1 amide bonds. The number of carbonyl (C=O) groups excluding carboxylic acids is 1. The lowest BCUT2D eigenvalue weighted by atomic mass is 9.93. The maximum Gasteiger partial charge on any atom is 0.411 e. The molecule has 0 spiro atoms. The summed E-state index contributed by atoms with van der Waals surface area (Å²) in [6.45, 7) is 9.74. The van der Waals surface area contributed by atoms with Gasteiger partial charge in [-0.05, 0) is 40.0 Å². The van der Waals surface area contributed by atoms with E-state index in [0.717, 1.165) is 32.4 Å². The maximum absolute atomic E-state index is 12.3. The van der Waals surface area contributed by atoms with Gasteiger partial charge in [-0.15, -0.1) is 0 Å². The molecule has 17 heavy (non-hydrogen) atoms. The highest BCUT2D eigenvalue weighted by Gasteiger charge is 2.51. The summed E-state index contributed by atoms with van der Waals surface area (Å²) < 4.78 is 5.54. The molecule has 0 aromatic rings. The number of hydrogen-bond donors (Lipinski definition) is 1. The van der Waals surface area contributed by atoms with Gasteiger partial charge in [0.25, 0.3) is 0 Å². The van der Waals surface area contributed by atoms with Crippen molar-refractivity contribution < 1.29 is 9.53 Å². The molecular weight excluding hydrogens is 216 g/mol. The molecule has 4 nitrogen and oxygen atoms in total. The van der Waals surface area contributed by atoms with Gasteiger partial charge in [0.05, 0.1) is 5.54 Å². The fourth-order valence-electron chi connectivity index (χ4n) is 3.04. The third-order valence-electron chi connectivity index (χ3n) is 3.90. The summed E-state index contributed by atoms with van der Waals surface area (Å²) in [6, 6.07) is 0.318. The van der Waals surface area contributed by atoms with Crippen molar-refractivity contribution >= 4 is 6.09 Å². The Morgan fingerprint density at radius 2 is 2.24 bits per heavy atom. The van der Waals surface area contributed by atoms with Gasteiger partial charge >= 0.3 is 6.09 Å². The molecule has 0 aromatic carbocycles. The van der Waals surface area contributed by atoms with Crippen LogP contribution in [0.2, 0.25) is 0 Å². The number of ether oxygens (including phenoxy) is 1. The highest BCUT2D eigenvalue weighted by Crippen LogP contribution is 2.39. The zero-order chi connectivity index (χ0) is 12.7. The topological polar surface area (TPSA) is 41.6 Å². The first kappa shape index (κ1) is 12.7. The van der Waals surface area contributed by atoms with Crippen molar-refractivity contribution in [1.82, 2.24) is 10.2 Å². The van der Waals surface area contributed by atoms with Gasteiger partial charge in [0.15, 0.2) is 0 Å². The quantitative estimate of drug-likeness (QED) is 0.763. The Bertz CT molecular complexity index is 307. The first-order valence-electron chi connectivity index (χ1n) is 6.61. The number of amides is 1. The van der Waals surface area contributed by atoms with Crippen LogP contribution in [0.15, 0.2) is 0 Å². The van der Waals surface area contributed by atoms with Gasteiger partial charge in [-0.25, -0.2) is 4.79 Å². The van der Waals surface area contributed by atoms with Gasteiger partial charge in [0, 0.05) is 19.1 Å². The largest absolute Gasteiger partial charge is 0.444 e. The molecule has 2 rings (SSSR count). The summed E-state index contributed by atoms with van der Waals surface area (Å²) in [4.78, 5) is 14.3. The van der Waals surface area contributed by atoms with Crippen molar-refractivity contribution in [1.29, 1.82) is 0 Å². The van der Waals surface area contributed by atoms with E-state index in [-0.39, 0.29) is 11.6 Å². The van der Waals surface area contributed by atoms with Crippen LogP contribution >= 0.6 is 0 Å². The Morgan fingerprint density at radius 3 is 2.82 bits per heavy atom. The molecule has 2 aliphatic rings. The van der Waals surface area contributed by atoms with Gasteiger partial charge in [-0.3, -0.25) is 4.90 Å². The van der Waals surface area contributed by atoms with Crippen LogP contribution in [0.1, 0.15) is 47.0 Å². The minimum atomic E-state index is -0.406. The Morgan fingerprint density at radius 1 is 1.53 bits per heavy atom. The van der Waals surface area contributed by atoms with Crippen LogP contribution in [-0.2, 0) is 4.74 Å². The molecular formula is C13H24N2O2. The zero-order valence-electron chi connectivity index (χ0n) is 11.4. The predicted octanol–water partition coefficient (Wildman–Crippen LogP) is 2.14. The van der Waals surface area contributed by atoms with E-state index < -0.39 is 5.60 Å². The van der Waals surface area contributed by atoms with Crippen molar-refractivity contribution in [3.8, 4) is 0 Å². The number of fused-ring (bicyclic) bond motifs is 2. The summed E-state index contributed by atoms with van der Waals surface area (Å²) in [7, 11) is 0. The van der Waals surface area contributed by atoms with Crippen molar-refractivity contribution in [2.75, 3.05) is 13.1 Å². The van der Waals surface area contributed by atoms with Crippen molar-refractivity contribution in [2.45, 2.75) is 64.1 Å². The van der Waals surface area contributed by atoms with E-state index in [9.17, 15) is 4.79 Å². The minimum absolute atomic E-state index is 0.00868. The smallest absolute Gasteiger partial charge is 0.411 e. The molecule has 4 heteroatoms. The SMILES string of the molecule is CC[C@]12CC[C@H](CNC1)N2C(=O)OC(C)(C)C. The molecule has 0 aromatic heterocycles. The van der Waals surface area contributed by atoms with Crippen LogP contribution < -0.4 is 5.32 Å². The molecule has 2 fully saturated rings. The fourth-order valence-corrected chi connectivity index (χ4v) is 3.04. The van der Waals surface area contributed by atoms with Gasteiger partial charge in [-0.1, -0.05) is 6.92 Å².